The predicted molar refractivity (Wildman–Crippen MR) is 113 cm³/mol. The molecule has 2 aliphatic rings. The summed E-state index contributed by atoms with van der Waals surface area (Å²) < 4.78 is 0. The summed E-state index contributed by atoms with van der Waals surface area (Å²) in [6.45, 7) is 7.94. The fraction of sp³-hybridized carbons (Fsp3) is 0.478. The lowest BCUT2D eigenvalue weighted by atomic mass is 9.90. The van der Waals surface area contributed by atoms with Gasteiger partial charge in [0.05, 0.1) is 18.2 Å². The summed E-state index contributed by atoms with van der Waals surface area (Å²) >= 11 is 5.86. The highest BCUT2D eigenvalue weighted by Gasteiger charge is 2.42. The smallest absolute Gasteiger partial charge is 0.254 e. The van der Waals surface area contributed by atoms with E-state index in [1.165, 1.54) is 0 Å². The Morgan fingerprint density at radius 1 is 1.39 bits per heavy atom. The van der Waals surface area contributed by atoms with Gasteiger partial charge in [-0.3, -0.25) is 4.79 Å². The molecule has 5 heteroatoms. The van der Waals surface area contributed by atoms with Gasteiger partial charge in [-0.25, -0.2) is 4.98 Å². The molecule has 1 fully saturated rings. The molecule has 1 saturated carbocycles. The Hall–Kier alpha value is -1.91. The van der Waals surface area contributed by atoms with Gasteiger partial charge in [-0.15, -0.1) is 6.58 Å². The van der Waals surface area contributed by atoms with Crippen LogP contribution in [-0.4, -0.2) is 39.1 Å². The number of carbonyl (C=O) groups excluding carboxylic acids is 1. The van der Waals surface area contributed by atoms with Crippen LogP contribution in [0.15, 0.2) is 53.8 Å². The van der Waals surface area contributed by atoms with Gasteiger partial charge in [0.25, 0.3) is 5.91 Å². The van der Waals surface area contributed by atoms with E-state index in [0.717, 1.165) is 48.0 Å². The molecule has 1 N–H and O–H groups in total. The normalized spacial score (nSPS) is 26.1. The summed E-state index contributed by atoms with van der Waals surface area (Å²) in [7, 11) is 0. The van der Waals surface area contributed by atoms with E-state index in [-0.39, 0.29) is 18.0 Å². The van der Waals surface area contributed by atoms with E-state index in [1.54, 1.807) is 12.3 Å². The third-order valence-electron chi connectivity index (χ3n) is 5.83. The van der Waals surface area contributed by atoms with Crippen molar-refractivity contribution in [2.45, 2.75) is 70.6 Å². The Labute approximate surface area is 172 Å². The summed E-state index contributed by atoms with van der Waals surface area (Å²) in [5.74, 6) is 0.0314. The molecule has 1 aromatic rings. The van der Waals surface area contributed by atoms with Gasteiger partial charge in [-0.05, 0) is 56.7 Å². The monoisotopic (exact) mass is 400 g/mol. The minimum absolute atomic E-state index is 0.0148. The molecule has 3 rings (SSSR count). The maximum absolute atomic E-state index is 13.3. The molecule has 1 amide bonds. The quantitative estimate of drug-likeness (QED) is 0.559. The number of halogens is 1. The third-order valence-corrected chi connectivity index (χ3v) is 6.05. The van der Waals surface area contributed by atoms with E-state index < -0.39 is 6.10 Å². The largest absolute Gasteiger partial charge is 0.391 e. The highest BCUT2D eigenvalue weighted by Crippen LogP contribution is 2.36. The molecular weight excluding hydrogens is 372 g/mol. The molecule has 2 heterocycles. The molecule has 4 nitrogen and oxygen atoms in total. The van der Waals surface area contributed by atoms with Crippen molar-refractivity contribution in [3.05, 3.63) is 64.5 Å². The molecule has 3 unspecified atom stereocenters. The number of hydrogen-bond acceptors (Lipinski definition) is 3. The third kappa shape index (κ3) is 4.39. The second kappa shape index (κ2) is 9.06. The van der Waals surface area contributed by atoms with Gasteiger partial charge >= 0.3 is 0 Å². The first-order chi connectivity index (χ1) is 13.4. The van der Waals surface area contributed by atoms with Gasteiger partial charge in [0.1, 0.15) is 5.15 Å². The summed E-state index contributed by atoms with van der Waals surface area (Å²) in [5.41, 5.74) is 3.97. The molecule has 0 radical (unpaired) electrons. The van der Waals surface area contributed by atoms with Crippen molar-refractivity contribution in [1.29, 1.82) is 0 Å². The minimum Gasteiger partial charge on any atom is -0.391 e. The highest BCUT2D eigenvalue weighted by molar-refractivity contribution is 6.29. The first-order valence-corrected chi connectivity index (χ1v) is 10.4. The maximum atomic E-state index is 13.3. The average Bonchev–Trinajstić information content (AvgIpc) is 2.89. The SMILES string of the molecule is C=CCC1C(C)=C(C=C(C)Cc2ccc(Cl)nc2)C(=O)N1C1CCCCC1O. The van der Waals surface area contributed by atoms with E-state index in [9.17, 15) is 9.90 Å². The number of amides is 1. The summed E-state index contributed by atoms with van der Waals surface area (Å²) in [4.78, 5) is 19.4. The fourth-order valence-corrected chi connectivity index (χ4v) is 4.50. The lowest BCUT2D eigenvalue weighted by Gasteiger charge is -2.39. The molecule has 0 saturated heterocycles. The van der Waals surface area contributed by atoms with Crippen LogP contribution in [0.1, 0.15) is 51.5 Å². The molecule has 1 aliphatic heterocycles. The molecular formula is C23H29ClN2O2. The molecule has 0 spiro atoms. The Kier molecular flexibility index (Phi) is 6.73. The van der Waals surface area contributed by atoms with Gasteiger partial charge in [-0.2, -0.15) is 0 Å². The topological polar surface area (TPSA) is 53.4 Å². The van der Waals surface area contributed by atoms with E-state index in [2.05, 4.69) is 11.6 Å². The van der Waals surface area contributed by atoms with Crippen molar-refractivity contribution < 1.29 is 9.90 Å². The van der Waals surface area contributed by atoms with Crippen LogP contribution in [0.25, 0.3) is 0 Å². The van der Waals surface area contributed by atoms with Gasteiger partial charge in [0.2, 0.25) is 0 Å². The molecule has 0 bridgehead atoms. The van der Waals surface area contributed by atoms with Gasteiger partial charge in [0.15, 0.2) is 0 Å². The van der Waals surface area contributed by atoms with Crippen LogP contribution in [0, 0.1) is 0 Å². The first-order valence-electron chi connectivity index (χ1n) is 10.0. The molecule has 1 aliphatic carbocycles. The van der Waals surface area contributed by atoms with Crippen molar-refractivity contribution in [2.24, 2.45) is 0 Å². The van der Waals surface area contributed by atoms with Crippen LogP contribution in [0.2, 0.25) is 5.15 Å². The Balaban J connectivity index is 1.85. The van der Waals surface area contributed by atoms with Gasteiger partial charge in [0, 0.05) is 11.8 Å². The van der Waals surface area contributed by atoms with Crippen molar-refractivity contribution in [1.82, 2.24) is 9.88 Å². The number of hydrogen-bond donors (Lipinski definition) is 1. The average molecular weight is 401 g/mol. The Morgan fingerprint density at radius 3 is 2.79 bits per heavy atom. The van der Waals surface area contributed by atoms with Crippen LogP contribution in [0.4, 0.5) is 0 Å². The van der Waals surface area contributed by atoms with E-state index in [4.69, 9.17) is 11.6 Å². The van der Waals surface area contributed by atoms with E-state index in [1.807, 2.05) is 37.0 Å². The highest BCUT2D eigenvalue weighted by atomic mass is 35.5. The van der Waals surface area contributed by atoms with Crippen molar-refractivity contribution in [2.75, 3.05) is 0 Å². The Bertz CT molecular complexity index is 797. The minimum atomic E-state index is -0.442. The second-order valence-corrected chi connectivity index (χ2v) is 8.31. The number of aromatic nitrogens is 1. The van der Waals surface area contributed by atoms with E-state index >= 15 is 0 Å². The lowest BCUT2D eigenvalue weighted by Crippen LogP contribution is -2.50. The Morgan fingerprint density at radius 2 is 2.14 bits per heavy atom. The molecule has 150 valence electrons. The van der Waals surface area contributed by atoms with Crippen molar-refractivity contribution in [3.8, 4) is 0 Å². The van der Waals surface area contributed by atoms with Crippen molar-refractivity contribution in [3.63, 3.8) is 0 Å². The van der Waals surface area contributed by atoms with Crippen LogP contribution in [-0.2, 0) is 11.2 Å². The number of carbonyl (C=O) groups is 1. The number of pyridine rings is 1. The number of rotatable bonds is 6. The van der Waals surface area contributed by atoms with Crippen molar-refractivity contribution >= 4 is 17.5 Å². The maximum Gasteiger partial charge on any atom is 0.254 e. The van der Waals surface area contributed by atoms with Crippen LogP contribution >= 0.6 is 11.6 Å². The van der Waals surface area contributed by atoms with Gasteiger partial charge < -0.3 is 10.0 Å². The van der Waals surface area contributed by atoms with Crippen LogP contribution in [0.3, 0.4) is 0 Å². The summed E-state index contributed by atoms with van der Waals surface area (Å²) in [5, 5.41) is 11.0. The number of aliphatic hydroxyl groups is 1. The molecule has 1 aromatic heterocycles. The van der Waals surface area contributed by atoms with Crippen LogP contribution in [0.5, 0.6) is 0 Å². The van der Waals surface area contributed by atoms with E-state index in [0.29, 0.717) is 18.0 Å². The van der Waals surface area contributed by atoms with Crippen LogP contribution < -0.4 is 0 Å². The number of allylic oxidation sites excluding steroid dienone is 1. The predicted octanol–water partition coefficient (Wildman–Crippen LogP) is 4.63. The first kappa shape index (κ1) is 20.8. The fourth-order valence-electron chi connectivity index (χ4n) is 4.39. The van der Waals surface area contributed by atoms with Gasteiger partial charge in [-0.1, -0.05) is 48.2 Å². The molecule has 3 atom stereocenters. The molecule has 28 heavy (non-hydrogen) atoms. The molecule has 0 aromatic carbocycles. The number of nitrogens with zero attached hydrogens (tertiary/aromatic N) is 2. The second-order valence-electron chi connectivity index (χ2n) is 7.93. The number of aliphatic hydroxyl groups excluding tert-OH is 1. The zero-order valence-corrected chi connectivity index (χ0v) is 17.5. The lowest BCUT2D eigenvalue weighted by molar-refractivity contribution is -0.133. The zero-order chi connectivity index (χ0) is 20.3. The summed E-state index contributed by atoms with van der Waals surface area (Å²) in [6.07, 6.45) is 10.3. The summed E-state index contributed by atoms with van der Waals surface area (Å²) in [6, 6.07) is 3.61. The standard InChI is InChI=1S/C23H29ClN2O2/c1-4-7-19-16(3)18(13-15(2)12-17-10-11-22(24)25-14-17)23(28)26(19)20-8-5-6-9-21(20)27/h4,10-11,13-14,19-21,27H,1,5-9,12H2,2-3H3. The zero-order valence-electron chi connectivity index (χ0n) is 16.7.